The van der Waals surface area contributed by atoms with Gasteiger partial charge in [0.25, 0.3) is 5.24 Å². The molecule has 0 saturated carbocycles. The Bertz CT molecular complexity index is 479. The third-order valence-electron chi connectivity index (χ3n) is 2.80. The van der Waals surface area contributed by atoms with Gasteiger partial charge in [0.1, 0.15) is 12.3 Å². The van der Waals surface area contributed by atoms with Gasteiger partial charge in [-0.05, 0) is 17.7 Å². The van der Waals surface area contributed by atoms with E-state index in [1.54, 1.807) is 12.0 Å². The molecule has 102 valence electrons. The fourth-order valence-corrected chi connectivity index (χ4v) is 2.61. The molecule has 1 aliphatic rings. The van der Waals surface area contributed by atoms with Gasteiger partial charge in [-0.15, -0.1) is 0 Å². The number of ether oxygens (including phenoxy) is 1. The van der Waals surface area contributed by atoms with Gasteiger partial charge in [0.15, 0.2) is 0 Å². The minimum absolute atomic E-state index is 0.0171. The number of methoxy groups -OCH3 is 1. The molecule has 1 aromatic carbocycles. The minimum Gasteiger partial charge on any atom is -0.497 e. The largest absolute Gasteiger partial charge is 0.497 e. The van der Waals surface area contributed by atoms with Crippen molar-refractivity contribution in [1.29, 1.82) is 0 Å². The molecule has 1 aliphatic heterocycles. The van der Waals surface area contributed by atoms with Crippen molar-refractivity contribution in [1.82, 2.24) is 10.2 Å². The first kappa shape index (κ1) is 13.7. The van der Waals surface area contributed by atoms with E-state index in [4.69, 9.17) is 4.74 Å². The molecule has 0 bridgehead atoms. The third kappa shape index (κ3) is 3.89. The molecular formula is C13H16N2O3S. The molecule has 0 aromatic heterocycles. The second-order valence-corrected chi connectivity index (χ2v) is 5.21. The summed E-state index contributed by atoms with van der Waals surface area (Å²) in [7, 11) is 1.61. The monoisotopic (exact) mass is 280 g/mol. The lowest BCUT2D eigenvalue weighted by Gasteiger charge is -2.14. The number of benzene rings is 1. The standard InChI is InChI=1S/C13H16N2O3S/c1-18-11-4-2-3-10(7-11)8-14-12(16)9-15-5-6-19-13(15)17/h2-4,7H,5-6,8-9H2,1H3,(H,14,16). The molecule has 1 fully saturated rings. The van der Waals surface area contributed by atoms with E-state index in [1.807, 2.05) is 24.3 Å². The Morgan fingerprint density at radius 2 is 2.37 bits per heavy atom. The predicted octanol–water partition coefficient (Wildman–Crippen LogP) is 1.48. The highest BCUT2D eigenvalue weighted by Gasteiger charge is 2.22. The van der Waals surface area contributed by atoms with E-state index in [2.05, 4.69) is 5.32 Å². The molecule has 2 rings (SSSR count). The highest BCUT2D eigenvalue weighted by molar-refractivity contribution is 8.13. The van der Waals surface area contributed by atoms with Gasteiger partial charge in [0, 0.05) is 18.8 Å². The van der Waals surface area contributed by atoms with Crippen molar-refractivity contribution < 1.29 is 14.3 Å². The van der Waals surface area contributed by atoms with Crippen molar-refractivity contribution in [3.05, 3.63) is 29.8 Å². The number of carbonyl (C=O) groups is 2. The third-order valence-corrected chi connectivity index (χ3v) is 3.70. The first-order valence-electron chi connectivity index (χ1n) is 6.00. The summed E-state index contributed by atoms with van der Waals surface area (Å²) in [6.07, 6.45) is 0. The molecule has 2 amide bonds. The number of carbonyl (C=O) groups excluding carboxylic acids is 2. The van der Waals surface area contributed by atoms with Gasteiger partial charge >= 0.3 is 0 Å². The van der Waals surface area contributed by atoms with Crippen LogP contribution < -0.4 is 10.1 Å². The Labute approximate surface area is 116 Å². The molecule has 0 radical (unpaired) electrons. The number of hydrogen-bond acceptors (Lipinski definition) is 4. The van der Waals surface area contributed by atoms with Gasteiger partial charge in [0.2, 0.25) is 5.91 Å². The Balaban J connectivity index is 1.81. The number of hydrogen-bond donors (Lipinski definition) is 1. The maximum Gasteiger partial charge on any atom is 0.282 e. The summed E-state index contributed by atoms with van der Waals surface area (Å²) in [6.45, 7) is 1.22. The van der Waals surface area contributed by atoms with E-state index in [-0.39, 0.29) is 17.7 Å². The van der Waals surface area contributed by atoms with Crippen molar-refractivity contribution in [3.63, 3.8) is 0 Å². The topological polar surface area (TPSA) is 58.6 Å². The summed E-state index contributed by atoms with van der Waals surface area (Å²) >= 11 is 1.26. The van der Waals surface area contributed by atoms with Crippen molar-refractivity contribution in [2.24, 2.45) is 0 Å². The van der Waals surface area contributed by atoms with E-state index in [9.17, 15) is 9.59 Å². The van der Waals surface area contributed by atoms with Gasteiger partial charge in [-0.1, -0.05) is 23.9 Å². The molecule has 1 N–H and O–H groups in total. The maximum atomic E-state index is 11.7. The predicted molar refractivity (Wildman–Crippen MR) is 74.3 cm³/mol. The number of nitrogens with one attached hydrogen (secondary N) is 1. The fourth-order valence-electron chi connectivity index (χ4n) is 1.78. The molecule has 0 unspecified atom stereocenters. The average molecular weight is 280 g/mol. The Kier molecular flexibility index (Phi) is 4.68. The summed E-state index contributed by atoms with van der Waals surface area (Å²) in [4.78, 5) is 24.6. The van der Waals surface area contributed by atoms with Crippen LogP contribution in [0.15, 0.2) is 24.3 Å². The van der Waals surface area contributed by atoms with Crippen LogP contribution in [0.1, 0.15) is 5.56 Å². The first-order valence-corrected chi connectivity index (χ1v) is 6.99. The van der Waals surface area contributed by atoms with Crippen molar-refractivity contribution in [2.45, 2.75) is 6.54 Å². The lowest BCUT2D eigenvalue weighted by molar-refractivity contribution is -0.121. The van der Waals surface area contributed by atoms with Crippen LogP contribution >= 0.6 is 11.8 Å². The summed E-state index contributed by atoms with van der Waals surface area (Å²) in [5, 5.41) is 2.78. The van der Waals surface area contributed by atoms with Gasteiger partial charge in [-0.25, -0.2) is 0 Å². The highest BCUT2D eigenvalue weighted by atomic mass is 32.2. The van der Waals surface area contributed by atoms with Gasteiger partial charge in [-0.3, -0.25) is 9.59 Å². The number of amides is 2. The summed E-state index contributed by atoms with van der Waals surface area (Å²) < 4.78 is 5.11. The van der Waals surface area contributed by atoms with E-state index in [0.29, 0.717) is 13.1 Å². The van der Waals surface area contributed by atoms with E-state index >= 15 is 0 Å². The van der Waals surface area contributed by atoms with Crippen molar-refractivity contribution in [2.75, 3.05) is 26.0 Å². The molecule has 0 spiro atoms. The Hall–Kier alpha value is -1.69. The van der Waals surface area contributed by atoms with Crippen LogP contribution in [0.5, 0.6) is 5.75 Å². The van der Waals surface area contributed by atoms with Crippen molar-refractivity contribution >= 4 is 22.9 Å². The quantitative estimate of drug-likeness (QED) is 0.887. The summed E-state index contributed by atoms with van der Waals surface area (Å²) in [6, 6.07) is 7.52. The van der Waals surface area contributed by atoms with Crippen LogP contribution in [-0.4, -0.2) is 42.0 Å². The molecule has 0 atom stereocenters. The maximum absolute atomic E-state index is 11.7. The second-order valence-electron chi connectivity index (χ2n) is 4.16. The summed E-state index contributed by atoms with van der Waals surface area (Å²) in [5.41, 5.74) is 0.967. The second kappa shape index (κ2) is 6.47. The smallest absolute Gasteiger partial charge is 0.282 e. The number of thioether (sulfide) groups is 1. The van der Waals surface area contributed by atoms with Crippen LogP contribution in [0.2, 0.25) is 0 Å². The molecule has 1 saturated heterocycles. The van der Waals surface area contributed by atoms with E-state index in [0.717, 1.165) is 17.1 Å². The van der Waals surface area contributed by atoms with Crippen LogP contribution in [0.3, 0.4) is 0 Å². The molecular weight excluding hydrogens is 264 g/mol. The zero-order valence-electron chi connectivity index (χ0n) is 10.7. The molecule has 6 heteroatoms. The highest BCUT2D eigenvalue weighted by Crippen LogP contribution is 2.16. The van der Waals surface area contributed by atoms with Crippen LogP contribution in [-0.2, 0) is 11.3 Å². The lowest BCUT2D eigenvalue weighted by atomic mass is 10.2. The van der Waals surface area contributed by atoms with Crippen LogP contribution in [0.25, 0.3) is 0 Å². The van der Waals surface area contributed by atoms with E-state index in [1.165, 1.54) is 11.8 Å². The van der Waals surface area contributed by atoms with Crippen LogP contribution in [0.4, 0.5) is 4.79 Å². The van der Waals surface area contributed by atoms with Gasteiger partial charge < -0.3 is 15.0 Å². The molecule has 5 nitrogen and oxygen atoms in total. The Morgan fingerprint density at radius 1 is 1.53 bits per heavy atom. The van der Waals surface area contributed by atoms with Crippen molar-refractivity contribution in [3.8, 4) is 5.75 Å². The van der Waals surface area contributed by atoms with E-state index < -0.39 is 0 Å². The SMILES string of the molecule is COc1cccc(CNC(=O)CN2CCSC2=O)c1. The van der Waals surface area contributed by atoms with Crippen LogP contribution in [0, 0.1) is 0 Å². The van der Waals surface area contributed by atoms with Gasteiger partial charge in [0.05, 0.1) is 7.11 Å². The zero-order chi connectivity index (χ0) is 13.7. The average Bonchev–Trinajstić information content (AvgIpc) is 2.82. The minimum atomic E-state index is -0.140. The molecule has 1 heterocycles. The lowest BCUT2D eigenvalue weighted by Crippen LogP contribution is -2.36. The first-order chi connectivity index (χ1) is 9.19. The summed E-state index contributed by atoms with van der Waals surface area (Å²) in [5.74, 6) is 1.39. The zero-order valence-corrected chi connectivity index (χ0v) is 11.5. The number of nitrogens with zero attached hydrogens (tertiary/aromatic N) is 1. The molecule has 19 heavy (non-hydrogen) atoms. The normalized spacial score (nSPS) is 14.6. The molecule has 0 aliphatic carbocycles. The Morgan fingerprint density at radius 3 is 3.05 bits per heavy atom. The van der Waals surface area contributed by atoms with Gasteiger partial charge in [-0.2, -0.15) is 0 Å². The molecule has 1 aromatic rings. The fraction of sp³-hybridized carbons (Fsp3) is 0.385. The number of rotatable bonds is 5.